The highest BCUT2D eigenvalue weighted by molar-refractivity contribution is 5.77. The predicted molar refractivity (Wildman–Crippen MR) is 101 cm³/mol. The average Bonchev–Trinajstić information content (AvgIpc) is 3.16. The van der Waals surface area contributed by atoms with E-state index in [2.05, 4.69) is 20.6 Å². The lowest BCUT2D eigenvalue weighted by molar-refractivity contribution is -0.384. The van der Waals surface area contributed by atoms with Crippen LogP contribution in [0.5, 0.6) is 11.5 Å². The number of benzene rings is 2. The molecule has 1 aromatic heterocycles. The number of anilines is 4. The van der Waals surface area contributed by atoms with E-state index in [1.807, 2.05) is 0 Å². The summed E-state index contributed by atoms with van der Waals surface area (Å²) in [4.78, 5) is 29.3. The van der Waals surface area contributed by atoms with Crippen LogP contribution in [0.25, 0.3) is 0 Å². The third-order valence-electron chi connectivity index (χ3n) is 3.96. The maximum Gasteiger partial charge on any atom is 0.353 e. The number of aromatic nitrogens is 2. The van der Waals surface area contributed by atoms with E-state index in [9.17, 15) is 20.2 Å². The summed E-state index contributed by atoms with van der Waals surface area (Å²) in [6.07, 6.45) is 1.14. The molecule has 1 aliphatic rings. The quantitative estimate of drug-likeness (QED) is 0.467. The van der Waals surface area contributed by atoms with Gasteiger partial charge in [-0.05, 0) is 18.2 Å². The Balaban J connectivity index is 1.67. The largest absolute Gasteiger partial charge is 0.454 e. The van der Waals surface area contributed by atoms with Crippen molar-refractivity contribution < 1.29 is 19.3 Å². The number of rotatable bonds is 6. The van der Waals surface area contributed by atoms with Crippen LogP contribution in [0.15, 0.2) is 48.8 Å². The van der Waals surface area contributed by atoms with Gasteiger partial charge in [0.25, 0.3) is 5.69 Å². The standard InChI is InChI=1S/C17H12N6O6/c24-22(25)12-3-1-2-10(6-12)20-16-15(23(26)27)17(19-8-18-16)21-11-4-5-13-14(7-11)29-9-28-13/h1-8H,9H2,(H2,18,19,20,21). The Morgan fingerprint density at radius 2 is 1.55 bits per heavy atom. The summed E-state index contributed by atoms with van der Waals surface area (Å²) in [6.45, 7) is 0.101. The fraction of sp³-hybridized carbons (Fsp3) is 0.0588. The summed E-state index contributed by atoms with van der Waals surface area (Å²) in [7, 11) is 0. The highest BCUT2D eigenvalue weighted by Crippen LogP contribution is 2.37. The molecule has 0 aliphatic carbocycles. The maximum absolute atomic E-state index is 11.7. The SMILES string of the molecule is O=[N+]([O-])c1cccc(Nc2ncnc(Nc3ccc4c(c3)OCO4)c2[N+](=O)[O-])c1. The lowest BCUT2D eigenvalue weighted by Crippen LogP contribution is -2.05. The fourth-order valence-corrected chi connectivity index (χ4v) is 2.68. The van der Waals surface area contributed by atoms with Crippen LogP contribution in [-0.2, 0) is 0 Å². The van der Waals surface area contributed by atoms with E-state index in [1.165, 1.54) is 24.3 Å². The molecule has 0 fully saturated rings. The molecule has 0 spiro atoms. The molecule has 2 heterocycles. The Bertz CT molecular complexity index is 1120. The van der Waals surface area contributed by atoms with Crippen molar-refractivity contribution >= 4 is 34.4 Å². The van der Waals surface area contributed by atoms with Crippen LogP contribution in [0.2, 0.25) is 0 Å². The second-order valence-electron chi connectivity index (χ2n) is 5.80. The zero-order valence-corrected chi connectivity index (χ0v) is 14.6. The summed E-state index contributed by atoms with van der Waals surface area (Å²) < 4.78 is 10.5. The Hall–Kier alpha value is -4.48. The molecule has 29 heavy (non-hydrogen) atoms. The van der Waals surface area contributed by atoms with Crippen LogP contribution in [-0.4, -0.2) is 26.6 Å². The van der Waals surface area contributed by atoms with Gasteiger partial charge < -0.3 is 20.1 Å². The summed E-state index contributed by atoms with van der Waals surface area (Å²) in [5.41, 5.74) is 0.189. The molecule has 146 valence electrons. The van der Waals surface area contributed by atoms with Crippen molar-refractivity contribution in [2.45, 2.75) is 0 Å². The van der Waals surface area contributed by atoms with Crippen molar-refractivity contribution in [3.8, 4) is 11.5 Å². The van der Waals surface area contributed by atoms with E-state index in [-0.39, 0.29) is 29.8 Å². The van der Waals surface area contributed by atoms with Crippen LogP contribution >= 0.6 is 0 Å². The van der Waals surface area contributed by atoms with Gasteiger partial charge >= 0.3 is 5.69 Å². The van der Waals surface area contributed by atoms with Crippen LogP contribution in [0, 0.1) is 20.2 Å². The molecule has 0 bridgehead atoms. The molecule has 2 aromatic carbocycles. The van der Waals surface area contributed by atoms with Crippen molar-refractivity contribution in [1.29, 1.82) is 0 Å². The average molecular weight is 396 g/mol. The molecular weight excluding hydrogens is 384 g/mol. The molecule has 0 unspecified atom stereocenters. The zero-order chi connectivity index (χ0) is 20.4. The summed E-state index contributed by atoms with van der Waals surface area (Å²) in [6, 6.07) is 10.5. The van der Waals surface area contributed by atoms with Gasteiger partial charge in [-0.3, -0.25) is 20.2 Å². The Kier molecular flexibility index (Phi) is 4.49. The third-order valence-corrected chi connectivity index (χ3v) is 3.96. The molecule has 2 N–H and O–H groups in total. The molecule has 0 amide bonds. The highest BCUT2D eigenvalue weighted by Gasteiger charge is 2.24. The van der Waals surface area contributed by atoms with Gasteiger partial charge in [0.2, 0.25) is 18.4 Å². The number of nitrogens with zero attached hydrogens (tertiary/aromatic N) is 4. The van der Waals surface area contributed by atoms with Gasteiger partial charge in [-0.1, -0.05) is 6.07 Å². The molecule has 4 rings (SSSR count). The molecule has 0 saturated heterocycles. The second kappa shape index (κ2) is 7.26. The first-order chi connectivity index (χ1) is 14.0. The van der Waals surface area contributed by atoms with Crippen molar-refractivity contribution in [2.75, 3.05) is 17.4 Å². The molecule has 0 radical (unpaired) electrons. The van der Waals surface area contributed by atoms with Gasteiger partial charge in [-0.15, -0.1) is 0 Å². The van der Waals surface area contributed by atoms with Gasteiger partial charge in [-0.2, -0.15) is 0 Å². The smallest absolute Gasteiger partial charge is 0.353 e. The number of nitro groups is 2. The molecule has 3 aromatic rings. The summed E-state index contributed by atoms with van der Waals surface area (Å²) in [5.74, 6) is 0.896. The maximum atomic E-state index is 11.7. The van der Waals surface area contributed by atoms with Crippen LogP contribution < -0.4 is 20.1 Å². The van der Waals surface area contributed by atoms with Gasteiger partial charge in [-0.25, -0.2) is 9.97 Å². The van der Waals surface area contributed by atoms with E-state index in [0.29, 0.717) is 17.2 Å². The minimum Gasteiger partial charge on any atom is -0.454 e. The first kappa shape index (κ1) is 17.9. The first-order valence-electron chi connectivity index (χ1n) is 8.19. The zero-order valence-electron chi connectivity index (χ0n) is 14.6. The fourth-order valence-electron chi connectivity index (χ4n) is 2.68. The number of hydrogen-bond donors (Lipinski definition) is 2. The first-order valence-corrected chi connectivity index (χ1v) is 8.19. The van der Waals surface area contributed by atoms with Crippen LogP contribution in [0.4, 0.5) is 34.4 Å². The van der Waals surface area contributed by atoms with Crippen LogP contribution in [0.3, 0.4) is 0 Å². The summed E-state index contributed by atoms with van der Waals surface area (Å²) in [5, 5.41) is 28.2. The molecule has 12 heteroatoms. The number of fused-ring (bicyclic) bond motifs is 1. The van der Waals surface area contributed by atoms with Crippen molar-refractivity contribution in [2.24, 2.45) is 0 Å². The molecule has 1 aliphatic heterocycles. The van der Waals surface area contributed by atoms with E-state index in [1.54, 1.807) is 18.2 Å². The second-order valence-corrected chi connectivity index (χ2v) is 5.80. The van der Waals surface area contributed by atoms with Crippen molar-refractivity contribution in [1.82, 2.24) is 9.97 Å². The third kappa shape index (κ3) is 3.66. The number of non-ortho nitro benzene ring substituents is 1. The van der Waals surface area contributed by atoms with Crippen LogP contribution in [0.1, 0.15) is 0 Å². The molecular formula is C17H12N6O6. The Labute approximate surface area is 162 Å². The number of hydrogen-bond acceptors (Lipinski definition) is 10. The van der Waals surface area contributed by atoms with Crippen molar-refractivity contribution in [3.05, 3.63) is 69.0 Å². The highest BCUT2D eigenvalue weighted by atomic mass is 16.7. The molecule has 0 atom stereocenters. The molecule has 12 nitrogen and oxygen atoms in total. The van der Waals surface area contributed by atoms with Gasteiger partial charge in [0.1, 0.15) is 6.33 Å². The van der Waals surface area contributed by atoms with Crippen molar-refractivity contribution in [3.63, 3.8) is 0 Å². The number of nitrogens with one attached hydrogen (secondary N) is 2. The topological polar surface area (TPSA) is 155 Å². The van der Waals surface area contributed by atoms with Gasteiger partial charge in [0.05, 0.1) is 9.85 Å². The molecule has 0 saturated carbocycles. The lowest BCUT2D eigenvalue weighted by Gasteiger charge is -2.10. The van der Waals surface area contributed by atoms with E-state index < -0.39 is 15.5 Å². The van der Waals surface area contributed by atoms with Gasteiger partial charge in [0.15, 0.2) is 11.5 Å². The number of nitro benzene ring substituents is 1. The van der Waals surface area contributed by atoms with Gasteiger partial charge in [0, 0.05) is 29.6 Å². The minimum absolute atomic E-state index is 0.0585. The number of ether oxygens (including phenoxy) is 2. The monoisotopic (exact) mass is 396 g/mol. The Morgan fingerprint density at radius 1 is 0.862 bits per heavy atom. The van der Waals surface area contributed by atoms with E-state index in [4.69, 9.17) is 9.47 Å². The summed E-state index contributed by atoms with van der Waals surface area (Å²) >= 11 is 0. The Morgan fingerprint density at radius 3 is 2.24 bits per heavy atom. The normalized spacial score (nSPS) is 11.7. The minimum atomic E-state index is -0.644. The van der Waals surface area contributed by atoms with E-state index in [0.717, 1.165) is 6.33 Å². The predicted octanol–water partition coefficient (Wildman–Crippen LogP) is 3.51. The van der Waals surface area contributed by atoms with E-state index >= 15 is 0 Å². The lowest BCUT2D eigenvalue weighted by atomic mass is 10.2.